The van der Waals surface area contributed by atoms with Crippen LogP contribution in [0.15, 0.2) is 24.3 Å². The summed E-state index contributed by atoms with van der Waals surface area (Å²) in [4.78, 5) is 23.3. The molecule has 0 radical (unpaired) electrons. The monoisotopic (exact) mass is 250 g/mol. The third-order valence-corrected chi connectivity index (χ3v) is 3.50. The zero-order valence-electron chi connectivity index (χ0n) is 11.8. The standard InChI is InChI=1S/C15H22O3/c1-6-7-12(17)14-10(2)13(18-11(3)16)8-9-15(14,4)5/h6-10,13-14H,1-5H3/b7-6+. The molecule has 18 heavy (non-hydrogen) atoms. The van der Waals surface area contributed by atoms with Gasteiger partial charge in [0.15, 0.2) is 5.78 Å². The Bertz CT molecular complexity index is 391. The maximum atomic E-state index is 12.2. The molecule has 3 atom stereocenters. The van der Waals surface area contributed by atoms with E-state index in [2.05, 4.69) is 0 Å². The van der Waals surface area contributed by atoms with Gasteiger partial charge in [-0.1, -0.05) is 32.9 Å². The van der Waals surface area contributed by atoms with Gasteiger partial charge in [0, 0.05) is 18.8 Å². The van der Waals surface area contributed by atoms with E-state index in [0.29, 0.717) is 0 Å². The quantitative estimate of drug-likeness (QED) is 0.439. The van der Waals surface area contributed by atoms with Crippen molar-refractivity contribution in [3.05, 3.63) is 24.3 Å². The van der Waals surface area contributed by atoms with Crippen LogP contribution in [0.3, 0.4) is 0 Å². The minimum absolute atomic E-state index is 0.0161. The molecule has 0 aliphatic heterocycles. The van der Waals surface area contributed by atoms with Gasteiger partial charge in [-0.15, -0.1) is 0 Å². The van der Waals surface area contributed by atoms with Crippen molar-refractivity contribution < 1.29 is 14.3 Å². The molecule has 1 aliphatic carbocycles. The van der Waals surface area contributed by atoms with Gasteiger partial charge in [0.05, 0.1) is 0 Å². The van der Waals surface area contributed by atoms with Gasteiger partial charge in [0.2, 0.25) is 0 Å². The van der Waals surface area contributed by atoms with E-state index in [9.17, 15) is 9.59 Å². The van der Waals surface area contributed by atoms with Crippen LogP contribution in [0.2, 0.25) is 0 Å². The first-order valence-corrected chi connectivity index (χ1v) is 6.32. The van der Waals surface area contributed by atoms with Crippen LogP contribution in [0.1, 0.15) is 34.6 Å². The number of hydrogen-bond donors (Lipinski definition) is 0. The average Bonchev–Trinajstić information content (AvgIpc) is 2.22. The van der Waals surface area contributed by atoms with E-state index in [1.807, 2.05) is 39.8 Å². The van der Waals surface area contributed by atoms with Crippen molar-refractivity contribution in [2.45, 2.75) is 40.7 Å². The Balaban J connectivity index is 3.03. The van der Waals surface area contributed by atoms with Gasteiger partial charge in [0.25, 0.3) is 0 Å². The van der Waals surface area contributed by atoms with Gasteiger partial charge in [-0.05, 0) is 24.5 Å². The smallest absolute Gasteiger partial charge is 0.303 e. The van der Waals surface area contributed by atoms with Gasteiger partial charge in [-0.2, -0.15) is 0 Å². The van der Waals surface area contributed by atoms with E-state index in [0.717, 1.165) is 0 Å². The molecule has 0 saturated heterocycles. The second-order valence-corrected chi connectivity index (χ2v) is 5.49. The summed E-state index contributed by atoms with van der Waals surface area (Å²) in [6.07, 6.45) is 6.92. The Morgan fingerprint density at radius 1 is 1.33 bits per heavy atom. The minimum atomic E-state index is -0.312. The van der Waals surface area contributed by atoms with E-state index in [1.54, 1.807) is 12.2 Å². The largest absolute Gasteiger partial charge is 0.458 e. The lowest BCUT2D eigenvalue weighted by atomic mass is 9.65. The van der Waals surface area contributed by atoms with E-state index >= 15 is 0 Å². The average molecular weight is 250 g/mol. The Morgan fingerprint density at radius 2 is 1.94 bits per heavy atom. The third kappa shape index (κ3) is 3.09. The molecular formula is C15H22O3. The zero-order valence-corrected chi connectivity index (χ0v) is 11.8. The lowest BCUT2D eigenvalue weighted by molar-refractivity contribution is -0.150. The summed E-state index contributed by atoms with van der Waals surface area (Å²) in [5.74, 6) is -0.398. The summed E-state index contributed by atoms with van der Waals surface area (Å²) in [5, 5.41) is 0. The second kappa shape index (κ2) is 5.51. The van der Waals surface area contributed by atoms with E-state index < -0.39 is 0 Å². The predicted octanol–water partition coefficient (Wildman–Crippen LogP) is 2.91. The van der Waals surface area contributed by atoms with E-state index in [-0.39, 0.29) is 35.1 Å². The summed E-state index contributed by atoms with van der Waals surface area (Å²) >= 11 is 0. The van der Waals surface area contributed by atoms with Crippen molar-refractivity contribution in [1.82, 2.24) is 0 Å². The molecule has 0 saturated carbocycles. The van der Waals surface area contributed by atoms with Crippen LogP contribution in [0.5, 0.6) is 0 Å². The lowest BCUT2D eigenvalue weighted by Crippen LogP contribution is -2.43. The molecule has 0 amide bonds. The molecule has 3 unspecified atom stereocenters. The molecule has 0 aromatic heterocycles. The van der Waals surface area contributed by atoms with Gasteiger partial charge >= 0.3 is 5.97 Å². The van der Waals surface area contributed by atoms with Crippen LogP contribution >= 0.6 is 0 Å². The molecule has 0 fully saturated rings. The van der Waals surface area contributed by atoms with Crippen molar-refractivity contribution in [2.24, 2.45) is 17.3 Å². The van der Waals surface area contributed by atoms with Gasteiger partial charge < -0.3 is 4.74 Å². The highest BCUT2D eigenvalue weighted by atomic mass is 16.5. The van der Waals surface area contributed by atoms with Crippen molar-refractivity contribution in [1.29, 1.82) is 0 Å². The molecule has 0 heterocycles. The SMILES string of the molecule is C/C=C/C(=O)C1C(C)C(OC(C)=O)C=CC1(C)C. The summed E-state index contributed by atoms with van der Waals surface area (Å²) in [6.45, 7) is 9.26. The topological polar surface area (TPSA) is 43.4 Å². The van der Waals surface area contributed by atoms with E-state index in [4.69, 9.17) is 4.74 Å². The minimum Gasteiger partial charge on any atom is -0.458 e. The second-order valence-electron chi connectivity index (χ2n) is 5.49. The van der Waals surface area contributed by atoms with Crippen LogP contribution in [0.25, 0.3) is 0 Å². The molecule has 1 aliphatic rings. The molecule has 1 rings (SSSR count). The Hall–Kier alpha value is -1.38. The number of hydrogen-bond acceptors (Lipinski definition) is 3. The molecular weight excluding hydrogens is 228 g/mol. The molecule has 3 nitrogen and oxygen atoms in total. The van der Waals surface area contributed by atoms with Crippen LogP contribution < -0.4 is 0 Å². The predicted molar refractivity (Wildman–Crippen MR) is 71.0 cm³/mol. The fourth-order valence-corrected chi connectivity index (χ4v) is 2.72. The Labute approximate surface area is 109 Å². The maximum Gasteiger partial charge on any atom is 0.303 e. The fraction of sp³-hybridized carbons (Fsp3) is 0.600. The van der Waals surface area contributed by atoms with Gasteiger partial charge in [-0.3, -0.25) is 9.59 Å². The maximum absolute atomic E-state index is 12.2. The van der Waals surface area contributed by atoms with E-state index in [1.165, 1.54) is 6.92 Å². The van der Waals surface area contributed by atoms with Crippen molar-refractivity contribution in [3.8, 4) is 0 Å². The summed E-state index contributed by atoms with van der Waals surface area (Å²) in [7, 11) is 0. The first-order chi connectivity index (χ1) is 8.29. The van der Waals surface area contributed by atoms with Gasteiger partial charge in [0.1, 0.15) is 6.10 Å². The molecule has 0 bridgehead atoms. The van der Waals surface area contributed by atoms with Crippen LogP contribution in [0, 0.1) is 17.3 Å². The zero-order chi connectivity index (χ0) is 13.9. The number of allylic oxidation sites excluding steroid dienone is 3. The Morgan fingerprint density at radius 3 is 2.44 bits per heavy atom. The number of carbonyl (C=O) groups is 2. The number of rotatable bonds is 3. The highest BCUT2D eigenvalue weighted by Crippen LogP contribution is 2.41. The number of ether oxygens (including phenoxy) is 1. The Kier molecular flexibility index (Phi) is 4.49. The molecule has 0 aromatic carbocycles. The normalized spacial score (nSPS) is 30.4. The molecule has 100 valence electrons. The first kappa shape index (κ1) is 14.7. The van der Waals surface area contributed by atoms with Gasteiger partial charge in [-0.25, -0.2) is 0 Å². The van der Waals surface area contributed by atoms with Crippen molar-refractivity contribution in [2.75, 3.05) is 0 Å². The van der Waals surface area contributed by atoms with Crippen molar-refractivity contribution >= 4 is 11.8 Å². The number of ketones is 1. The number of esters is 1. The highest BCUT2D eigenvalue weighted by Gasteiger charge is 2.42. The van der Waals surface area contributed by atoms with Crippen LogP contribution in [-0.2, 0) is 14.3 Å². The molecule has 0 aromatic rings. The van der Waals surface area contributed by atoms with Crippen molar-refractivity contribution in [3.63, 3.8) is 0 Å². The lowest BCUT2D eigenvalue weighted by Gasteiger charge is -2.40. The highest BCUT2D eigenvalue weighted by molar-refractivity contribution is 5.92. The first-order valence-electron chi connectivity index (χ1n) is 6.32. The summed E-state index contributed by atoms with van der Waals surface area (Å²) in [6, 6.07) is 0. The molecule has 0 spiro atoms. The number of carbonyl (C=O) groups excluding carboxylic acids is 2. The summed E-state index contributed by atoms with van der Waals surface area (Å²) < 4.78 is 5.25. The molecule has 3 heteroatoms. The molecule has 0 N–H and O–H groups in total. The van der Waals surface area contributed by atoms with Crippen LogP contribution in [0.4, 0.5) is 0 Å². The third-order valence-electron chi connectivity index (χ3n) is 3.50. The summed E-state index contributed by atoms with van der Waals surface area (Å²) in [5.41, 5.74) is -0.216. The fourth-order valence-electron chi connectivity index (χ4n) is 2.72. The van der Waals surface area contributed by atoms with Crippen LogP contribution in [-0.4, -0.2) is 17.9 Å².